The number of piperidine rings is 1. The van der Waals surface area contributed by atoms with Gasteiger partial charge < -0.3 is 5.32 Å². The highest BCUT2D eigenvalue weighted by molar-refractivity contribution is 5.94. The third kappa shape index (κ3) is 4.45. The van der Waals surface area contributed by atoms with E-state index in [1.54, 1.807) is 24.3 Å². The molecule has 1 fully saturated rings. The number of likely N-dealkylation sites (N-methyl/N-ethyl adjacent to an activating group) is 1. The van der Waals surface area contributed by atoms with Gasteiger partial charge in [-0.15, -0.1) is 0 Å². The molecule has 0 saturated carbocycles. The Bertz CT molecular complexity index is 609. The van der Waals surface area contributed by atoms with Crippen LogP contribution < -0.4 is 5.32 Å². The standard InChI is InChI=1S/C16H18F3N3O/c1-22-10-13(5-6-14(22)16(17,18)19)21-15(23)12-4-2-3-11(9-12)7-8-20/h2-4,9,13-14H,5-7,10H2,1H3,(H,21,23)/t13-,14-/m0/s1. The molecule has 7 heteroatoms. The molecular weight excluding hydrogens is 307 g/mol. The van der Waals surface area contributed by atoms with E-state index in [-0.39, 0.29) is 37.8 Å². The van der Waals surface area contributed by atoms with Crippen LogP contribution in [0.25, 0.3) is 0 Å². The molecule has 1 aromatic carbocycles. The van der Waals surface area contributed by atoms with Crippen molar-refractivity contribution in [2.75, 3.05) is 13.6 Å². The van der Waals surface area contributed by atoms with Crippen molar-refractivity contribution in [2.24, 2.45) is 0 Å². The zero-order chi connectivity index (χ0) is 17.0. The summed E-state index contributed by atoms with van der Waals surface area (Å²) in [6, 6.07) is 6.94. The number of carbonyl (C=O) groups is 1. The lowest BCUT2D eigenvalue weighted by molar-refractivity contribution is -0.188. The Morgan fingerprint density at radius 1 is 1.43 bits per heavy atom. The molecule has 0 radical (unpaired) electrons. The lowest BCUT2D eigenvalue weighted by Gasteiger charge is -2.38. The van der Waals surface area contributed by atoms with Gasteiger partial charge in [-0.1, -0.05) is 12.1 Å². The number of rotatable bonds is 3. The summed E-state index contributed by atoms with van der Waals surface area (Å²) in [6.45, 7) is 0.161. The van der Waals surface area contributed by atoms with E-state index in [9.17, 15) is 18.0 Å². The van der Waals surface area contributed by atoms with Crippen molar-refractivity contribution in [1.82, 2.24) is 10.2 Å². The number of likely N-dealkylation sites (tertiary alicyclic amines) is 1. The van der Waals surface area contributed by atoms with Crippen molar-refractivity contribution >= 4 is 5.91 Å². The first kappa shape index (κ1) is 17.3. The molecule has 124 valence electrons. The van der Waals surface area contributed by atoms with E-state index in [0.717, 1.165) is 5.56 Å². The molecule has 1 saturated heterocycles. The molecule has 0 spiro atoms. The van der Waals surface area contributed by atoms with Crippen molar-refractivity contribution in [2.45, 2.75) is 37.5 Å². The second-order valence-electron chi connectivity index (χ2n) is 5.78. The van der Waals surface area contributed by atoms with Crippen LogP contribution in [-0.4, -0.2) is 42.7 Å². The van der Waals surface area contributed by atoms with E-state index in [2.05, 4.69) is 5.32 Å². The number of hydrogen-bond donors (Lipinski definition) is 1. The first-order chi connectivity index (χ1) is 10.8. The molecule has 0 aromatic heterocycles. The summed E-state index contributed by atoms with van der Waals surface area (Å²) < 4.78 is 38.4. The number of nitriles is 1. The number of benzene rings is 1. The van der Waals surface area contributed by atoms with Crippen molar-refractivity contribution in [1.29, 1.82) is 5.26 Å². The fraction of sp³-hybridized carbons (Fsp3) is 0.500. The lowest BCUT2D eigenvalue weighted by Crippen LogP contribution is -2.54. The average Bonchev–Trinajstić information content (AvgIpc) is 2.46. The Morgan fingerprint density at radius 3 is 2.78 bits per heavy atom. The summed E-state index contributed by atoms with van der Waals surface area (Å²) in [6.07, 6.45) is -3.77. The topological polar surface area (TPSA) is 56.1 Å². The van der Waals surface area contributed by atoms with Gasteiger partial charge >= 0.3 is 6.18 Å². The Kier molecular flexibility index (Phi) is 5.26. The van der Waals surface area contributed by atoms with Gasteiger partial charge in [0, 0.05) is 18.2 Å². The van der Waals surface area contributed by atoms with Gasteiger partial charge in [0.05, 0.1) is 12.5 Å². The highest BCUT2D eigenvalue weighted by Crippen LogP contribution is 2.30. The van der Waals surface area contributed by atoms with Crippen LogP contribution in [-0.2, 0) is 6.42 Å². The van der Waals surface area contributed by atoms with Crippen molar-refractivity contribution in [3.8, 4) is 6.07 Å². The molecule has 0 unspecified atom stereocenters. The average molecular weight is 325 g/mol. The van der Waals surface area contributed by atoms with Crippen LogP contribution >= 0.6 is 0 Å². The lowest BCUT2D eigenvalue weighted by atomic mass is 9.98. The maximum Gasteiger partial charge on any atom is 0.404 e. The summed E-state index contributed by atoms with van der Waals surface area (Å²) in [5.74, 6) is -0.325. The fourth-order valence-corrected chi connectivity index (χ4v) is 2.86. The van der Waals surface area contributed by atoms with Gasteiger partial charge in [-0.25, -0.2) is 0 Å². The minimum atomic E-state index is -4.24. The summed E-state index contributed by atoms with van der Waals surface area (Å²) in [5.41, 5.74) is 1.15. The minimum absolute atomic E-state index is 0.0284. The van der Waals surface area contributed by atoms with Crippen LogP contribution in [0.4, 0.5) is 13.2 Å². The Morgan fingerprint density at radius 2 is 2.17 bits per heavy atom. The number of nitrogens with zero attached hydrogens (tertiary/aromatic N) is 2. The van der Waals surface area contributed by atoms with E-state index < -0.39 is 12.2 Å². The van der Waals surface area contributed by atoms with E-state index in [0.29, 0.717) is 5.56 Å². The minimum Gasteiger partial charge on any atom is -0.348 e. The van der Waals surface area contributed by atoms with Gasteiger partial charge in [0.2, 0.25) is 0 Å². The largest absolute Gasteiger partial charge is 0.404 e. The Balaban J connectivity index is 1.97. The second-order valence-corrected chi connectivity index (χ2v) is 5.78. The summed E-state index contributed by atoms with van der Waals surface area (Å²) in [5, 5.41) is 11.5. The molecule has 0 aliphatic carbocycles. The van der Waals surface area contributed by atoms with E-state index in [1.165, 1.54) is 11.9 Å². The van der Waals surface area contributed by atoms with E-state index in [4.69, 9.17) is 5.26 Å². The van der Waals surface area contributed by atoms with Crippen molar-refractivity contribution < 1.29 is 18.0 Å². The molecule has 1 amide bonds. The summed E-state index contributed by atoms with van der Waals surface area (Å²) in [4.78, 5) is 13.5. The first-order valence-electron chi connectivity index (χ1n) is 7.35. The first-order valence-corrected chi connectivity index (χ1v) is 7.35. The highest BCUT2D eigenvalue weighted by atomic mass is 19.4. The van der Waals surface area contributed by atoms with Crippen molar-refractivity contribution in [3.05, 3.63) is 35.4 Å². The normalized spacial score (nSPS) is 22.4. The highest BCUT2D eigenvalue weighted by Gasteiger charge is 2.44. The summed E-state index contributed by atoms with van der Waals surface area (Å²) >= 11 is 0. The van der Waals surface area contributed by atoms with Crippen molar-refractivity contribution in [3.63, 3.8) is 0 Å². The van der Waals surface area contributed by atoms with Crippen LogP contribution in [0.15, 0.2) is 24.3 Å². The molecule has 2 atom stereocenters. The van der Waals surface area contributed by atoms with Crippen LogP contribution in [0.2, 0.25) is 0 Å². The zero-order valence-corrected chi connectivity index (χ0v) is 12.7. The quantitative estimate of drug-likeness (QED) is 0.929. The smallest absolute Gasteiger partial charge is 0.348 e. The molecule has 1 aromatic rings. The van der Waals surface area contributed by atoms with Gasteiger partial charge in [-0.2, -0.15) is 18.4 Å². The molecule has 1 aliphatic heterocycles. The maximum atomic E-state index is 12.8. The van der Waals surface area contributed by atoms with Gasteiger partial charge in [-0.05, 0) is 37.6 Å². The van der Waals surface area contributed by atoms with Gasteiger partial charge in [0.1, 0.15) is 6.04 Å². The molecule has 1 aliphatic rings. The fourth-order valence-electron chi connectivity index (χ4n) is 2.86. The third-order valence-corrected chi connectivity index (χ3v) is 4.01. The van der Waals surface area contributed by atoms with Gasteiger partial charge in [0.15, 0.2) is 0 Å². The molecule has 2 rings (SSSR count). The van der Waals surface area contributed by atoms with Gasteiger partial charge in [-0.3, -0.25) is 9.69 Å². The molecule has 23 heavy (non-hydrogen) atoms. The number of carbonyl (C=O) groups excluding carboxylic acids is 1. The van der Waals surface area contributed by atoms with E-state index >= 15 is 0 Å². The SMILES string of the molecule is CN1C[C@@H](NC(=O)c2cccc(CC#N)c2)CC[C@H]1C(F)(F)F. The Labute approximate surface area is 132 Å². The van der Waals surface area contributed by atoms with Crippen LogP contribution in [0.1, 0.15) is 28.8 Å². The number of nitrogens with one attached hydrogen (secondary N) is 1. The molecule has 4 nitrogen and oxygen atoms in total. The molecule has 1 heterocycles. The Hall–Kier alpha value is -2.07. The van der Waals surface area contributed by atoms with Crippen LogP contribution in [0, 0.1) is 11.3 Å². The number of hydrogen-bond acceptors (Lipinski definition) is 3. The molecular formula is C16H18F3N3O. The zero-order valence-electron chi connectivity index (χ0n) is 12.7. The van der Waals surface area contributed by atoms with E-state index in [1.807, 2.05) is 6.07 Å². The number of alkyl halides is 3. The maximum absolute atomic E-state index is 12.8. The number of amides is 1. The molecule has 1 N–H and O–H groups in total. The predicted molar refractivity (Wildman–Crippen MR) is 78.7 cm³/mol. The predicted octanol–water partition coefficient (Wildman–Crippen LogP) is 2.51. The summed E-state index contributed by atoms with van der Waals surface area (Å²) in [7, 11) is 1.42. The van der Waals surface area contributed by atoms with Gasteiger partial charge in [0.25, 0.3) is 5.91 Å². The monoisotopic (exact) mass is 325 g/mol. The molecule has 0 bridgehead atoms. The van der Waals surface area contributed by atoms with Crippen LogP contribution in [0.5, 0.6) is 0 Å². The third-order valence-electron chi connectivity index (χ3n) is 4.01. The number of halogens is 3. The second kappa shape index (κ2) is 7.01. The van der Waals surface area contributed by atoms with Crippen LogP contribution in [0.3, 0.4) is 0 Å².